The number of nitrogens with zero attached hydrogens (tertiary/aromatic N) is 5. The quantitative estimate of drug-likeness (QED) is 0.643. The molecular weight excluding hydrogens is 316 g/mol. The van der Waals surface area contributed by atoms with Crippen molar-refractivity contribution in [1.29, 1.82) is 0 Å². The van der Waals surface area contributed by atoms with Crippen molar-refractivity contribution in [3.8, 4) is 0 Å². The van der Waals surface area contributed by atoms with Crippen LogP contribution in [0.2, 0.25) is 0 Å². The third-order valence-electron chi connectivity index (χ3n) is 3.54. The van der Waals surface area contributed by atoms with Crippen molar-refractivity contribution >= 4 is 29.1 Å². The molecule has 10 heteroatoms. The number of amides is 2. The smallest absolute Gasteiger partial charge is 0.390 e. The van der Waals surface area contributed by atoms with Gasteiger partial charge in [-0.25, -0.2) is 0 Å². The number of nitro groups is 1. The van der Waals surface area contributed by atoms with Gasteiger partial charge in [-0.1, -0.05) is 17.1 Å². The van der Waals surface area contributed by atoms with Crippen molar-refractivity contribution in [2.24, 2.45) is 0 Å². The third kappa shape index (κ3) is 3.21. The SMILES string of the molecule is O=C(Cn1cnc([N+](=O)[O-])n1)Nc1ccccc1N1CCCC1=O. The predicted octanol–water partition coefficient (Wildman–Crippen LogP) is 0.952. The van der Waals surface area contributed by atoms with E-state index in [4.69, 9.17) is 0 Å². The number of carbonyl (C=O) groups is 2. The molecule has 0 unspecified atom stereocenters. The number of nitrogens with one attached hydrogen (secondary N) is 1. The number of hydrogen-bond donors (Lipinski definition) is 1. The highest BCUT2D eigenvalue weighted by atomic mass is 16.6. The van der Waals surface area contributed by atoms with Gasteiger partial charge >= 0.3 is 5.95 Å². The summed E-state index contributed by atoms with van der Waals surface area (Å²) in [5, 5.41) is 16.8. The van der Waals surface area contributed by atoms with E-state index in [9.17, 15) is 19.7 Å². The van der Waals surface area contributed by atoms with Gasteiger partial charge in [0.15, 0.2) is 0 Å². The Hall–Kier alpha value is -3.30. The summed E-state index contributed by atoms with van der Waals surface area (Å²) in [5.74, 6) is -0.969. The molecule has 2 amide bonds. The van der Waals surface area contributed by atoms with Crippen LogP contribution in [0.25, 0.3) is 0 Å². The maximum Gasteiger partial charge on any atom is 0.490 e. The first kappa shape index (κ1) is 15.6. The van der Waals surface area contributed by atoms with Crippen molar-refractivity contribution in [3.05, 3.63) is 40.7 Å². The average molecular weight is 330 g/mol. The van der Waals surface area contributed by atoms with Crippen molar-refractivity contribution in [3.63, 3.8) is 0 Å². The van der Waals surface area contributed by atoms with Crippen LogP contribution in [0.4, 0.5) is 17.3 Å². The van der Waals surface area contributed by atoms with Crippen molar-refractivity contribution in [2.75, 3.05) is 16.8 Å². The minimum Gasteiger partial charge on any atom is -0.390 e. The highest BCUT2D eigenvalue weighted by molar-refractivity contribution is 6.01. The van der Waals surface area contributed by atoms with E-state index < -0.39 is 16.8 Å². The summed E-state index contributed by atoms with van der Waals surface area (Å²) < 4.78 is 1.08. The normalized spacial score (nSPS) is 14.0. The zero-order chi connectivity index (χ0) is 17.1. The van der Waals surface area contributed by atoms with Crippen molar-refractivity contribution < 1.29 is 14.5 Å². The second-order valence-corrected chi connectivity index (χ2v) is 5.21. The molecule has 1 aromatic heterocycles. The largest absolute Gasteiger partial charge is 0.490 e. The highest BCUT2D eigenvalue weighted by Gasteiger charge is 2.24. The third-order valence-corrected chi connectivity index (χ3v) is 3.54. The molecule has 10 nitrogen and oxygen atoms in total. The van der Waals surface area contributed by atoms with Crippen LogP contribution in [0.5, 0.6) is 0 Å². The Morgan fingerprint density at radius 3 is 2.83 bits per heavy atom. The fourth-order valence-electron chi connectivity index (χ4n) is 2.50. The fourth-order valence-corrected chi connectivity index (χ4v) is 2.50. The molecule has 1 saturated heterocycles. The van der Waals surface area contributed by atoms with Gasteiger partial charge in [0.2, 0.25) is 18.1 Å². The lowest BCUT2D eigenvalue weighted by Crippen LogP contribution is -2.26. The van der Waals surface area contributed by atoms with E-state index >= 15 is 0 Å². The summed E-state index contributed by atoms with van der Waals surface area (Å²) in [7, 11) is 0. The van der Waals surface area contributed by atoms with Crippen LogP contribution in [-0.4, -0.2) is 38.0 Å². The van der Waals surface area contributed by atoms with Gasteiger partial charge in [-0.2, -0.15) is 4.68 Å². The first-order chi connectivity index (χ1) is 11.5. The summed E-state index contributed by atoms with van der Waals surface area (Å²) in [6, 6.07) is 7.00. The molecule has 2 heterocycles. The second-order valence-electron chi connectivity index (χ2n) is 5.21. The van der Waals surface area contributed by atoms with Gasteiger partial charge in [-0.15, -0.1) is 0 Å². The Kier molecular flexibility index (Phi) is 4.18. The Labute approximate surface area is 136 Å². The summed E-state index contributed by atoms with van der Waals surface area (Å²) >= 11 is 0. The van der Waals surface area contributed by atoms with Crippen LogP contribution in [0, 0.1) is 10.1 Å². The monoisotopic (exact) mass is 330 g/mol. The van der Waals surface area contributed by atoms with E-state index in [1.54, 1.807) is 29.2 Å². The van der Waals surface area contributed by atoms with Gasteiger partial charge in [0.05, 0.1) is 11.4 Å². The fraction of sp³-hybridized carbons (Fsp3) is 0.286. The van der Waals surface area contributed by atoms with Crippen LogP contribution in [-0.2, 0) is 16.1 Å². The Morgan fingerprint density at radius 1 is 1.38 bits per heavy atom. The Balaban J connectivity index is 1.72. The highest BCUT2D eigenvalue weighted by Crippen LogP contribution is 2.29. The summed E-state index contributed by atoms with van der Waals surface area (Å²) in [5.41, 5.74) is 1.14. The number of benzene rings is 1. The minimum absolute atomic E-state index is 0.0172. The van der Waals surface area contributed by atoms with Gasteiger partial charge in [-0.05, 0) is 23.5 Å². The minimum atomic E-state index is -0.733. The summed E-state index contributed by atoms with van der Waals surface area (Å²) in [6.45, 7) is 0.393. The molecule has 1 aliphatic rings. The van der Waals surface area contributed by atoms with Crippen LogP contribution >= 0.6 is 0 Å². The maximum atomic E-state index is 12.1. The molecule has 0 radical (unpaired) electrons. The molecule has 3 rings (SSSR count). The van der Waals surface area contributed by atoms with E-state index in [1.165, 1.54) is 0 Å². The molecule has 2 aromatic rings. The number of hydrogen-bond acceptors (Lipinski definition) is 6. The number of aromatic nitrogens is 3. The van der Waals surface area contributed by atoms with E-state index in [0.29, 0.717) is 24.3 Å². The van der Waals surface area contributed by atoms with E-state index in [1.807, 2.05) is 0 Å². The van der Waals surface area contributed by atoms with Crippen molar-refractivity contribution in [1.82, 2.24) is 14.8 Å². The standard InChI is InChI=1S/C14H14N6O4/c21-12(8-18-9-15-14(17-18)20(23)24)16-10-4-1-2-5-11(10)19-7-3-6-13(19)22/h1-2,4-5,9H,3,6-8H2,(H,16,21). The van der Waals surface area contributed by atoms with Gasteiger partial charge in [0, 0.05) is 18.1 Å². The molecular formula is C14H14N6O4. The maximum absolute atomic E-state index is 12.1. The van der Waals surface area contributed by atoms with Crippen LogP contribution in [0.1, 0.15) is 12.8 Å². The topological polar surface area (TPSA) is 123 Å². The molecule has 0 atom stereocenters. The average Bonchev–Trinajstić information content (AvgIpc) is 3.17. The molecule has 1 aliphatic heterocycles. The molecule has 0 aliphatic carbocycles. The number of anilines is 2. The first-order valence-electron chi connectivity index (χ1n) is 7.27. The molecule has 0 bridgehead atoms. The van der Waals surface area contributed by atoms with E-state index in [-0.39, 0.29) is 12.5 Å². The molecule has 0 saturated carbocycles. The lowest BCUT2D eigenvalue weighted by atomic mass is 10.2. The molecule has 1 aromatic carbocycles. The zero-order valence-electron chi connectivity index (χ0n) is 12.6. The lowest BCUT2D eigenvalue weighted by molar-refractivity contribution is -0.394. The second kappa shape index (κ2) is 6.44. The molecule has 1 N–H and O–H groups in total. The molecule has 1 fully saturated rings. The first-order valence-corrected chi connectivity index (χ1v) is 7.27. The van der Waals surface area contributed by atoms with Crippen molar-refractivity contribution in [2.45, 2.75) is 19.4 Å². The molecule has 24 heavy (non-hydrogen) atoms. The van der Waals surface area contributed by atoms with Crippen LogP contribution in [0.3, 0.4) is 0 Å². The van der Waals surface area contributed by atoms with Crippen LogP contribution < -0.4 is 10.2 Å². The van der Waals surface area contributed by atoms with E-state index in [0.717, 1.165) is 17.4 Å². The van der Waals surface area contributed by atoms with E-state index in [2.05, 4.69) is 15.4 Å². The van der Waals surface area contributed by atoms with Gasteiger partial charge < -0.3 is 20.3 Å². The molecule has 124 valence electrons. The number of carbonyl (C=O) groups excluding carboxylic acids is 2. The molecule has 0 spiro atoms. The van der Waals surface area contributed by atoms with Gasteiger partial charge in [-0.3, -0.25) is 9.59 Å². The predicted molar refractivity (Wildman–Crippen MR) is 83.3 cm³/mol. The number of para-hydroxylation sites is 2. The lowest BCUT2D eigenvalue weighted by Gasteiger charge is -2.19. The number of rotatable bonds is 5. The summed E-state index contributed by atoms with van der Waals surface area (Å²) in [4.78, 5) is 39.0. The van der Waals surface area contributed by atoms with Gasteiger partial charge in [0.1, 0.15) is 6.54 Å². The zero-order valence-corrected chi connectivity index (χ0v) is 12.6. The van der Waals surface area contributed by atoms with Gasteiger partial charge in [0.25, 0.3) is 0 Å². The van der Waals surface area contributed by atoms with Crippen LogP contribution in [0.15, 0.2) is 30.6 Å². The summed E-state index contributed by atoms with van der Waals surface area (Å²) in [6.07, 6.45) is 2.39. The Morgan fingerprint density at radius 2 is 2.17 bits per heavy atom. The Bertz CT molecular complexity index is 802.